The second-order valence-corrected chi connectivity index (χ2v) is 4.89. The Bertz CT molecular complexity index is 424. The molecule has 0 unspecified atom stereocenters. The van der Waals surface area contributed by atoms with Gasteiger partial charge in [0.25, 0.3) is 0 Å². The Morgan fingerprint density at radius 2 is 2.00 bits per heavy atom. The van der Waals surface area contributed by atoms with E-state index in [1.54, 1.807) is 0 Å². The molecule has 1 heterocycles. The summed E-state index contributed by atoms with van der Waals surface area (Å²) in [5, 5.41) is 0. The van der Waals surface area contributed by atoms with Gasteiger partial charge in [0.05, 0.1) is 18.8 Å². The summed E-state index contributed by atoms with van der Waals surface area (Å²) in [4.78, 5) is 0. The van der Waals surface area contributed by atoms with Gasteiger partial charge in [-0.25, -0.2) is 0 Å². The van der Waals surface area contributed by atoms with Crippen molar-refractivity contribution in [3.63, 3.8) is 0 Å². The van der Waals surface area contributed by atoms with Gasteiger partial charge in [-0.3, -0.25) is 0 Å². The Labute approximate surface area is 97.6 Å². The summed E-state index contributed by atoms with van der Waals surface area (Å²) in [6.45, 7) is 2.94. The van der Waals surface area contributed by atoms with Crippen LogP contribution in [-0.4, -0.2) is 13.2 Å². The molecule has 0 spiro atoms. The number of hydrogen-bond acceptors (Lipinski definition) is 2. The van der Waals surface area contributed by atoms with E-state index in [0.717, 1.165) is 6.07 Å². The molecular formula is C12H14F3NO. The van der Waals surface area contributed by atoms with Crippen molar-refractivity contribution in [2.45, 2.75) is 19.5 Å². The molecular weight excluding hydrogens is 231 g/mol. The number of alkyl halides is 3. The van der Waals surface area contributed by atoms with Crippen LogP contribution < -0.4 is 5.73 Å². The maximum Gasteiger partial charge on any atom is 0.416 e. The molecule has 0 atom stereocenters. The number of rotatable bonds is 2. The Balaban J connectivity index is 2.33. The van der Waals surface area contributed by atoms with Crippen LogP contribution in [0.5, 0.6) is 0 Å². The van der Waals surface area contributed by atoms with Crippen molar-refractivity contribution in [3.05, 3.63) is 29.3 Å². The van der Waals surface area contributed by atoms with Gasteiger partial charge in [-0.15, -0.1) is 0 Å². The molecule has 1 aliphatic heterocycles. The summed E-state index contributed by atoms with van der Waals surface area (Å²) in [5.41, 5.74) is 5.02. The molecule has 5 heteroatoms. The second-order valence-electron chi connectivity index (χ2n) is 4.89. The molecule has 2 rings (SSSR count). The second kappa shape index (κ2) is 3.91. The van der Waals surface area contributed by atoms with Gasteiger partial charge in [-0.1, -0.05) is 13.0 Å². The van der Waals surface area contributed by atoms with Crippen LogP contribution in [-0.2, 0) is 17.3 Å². The van der Waals surface area contributed by atoms with Gasteiger partial charge in [-0.05, 0) is 24.1 Å². The van der Waals surface area contributed by atoms with E-state index < -0.39 is 11.7 Å². The fourth-order valence-corrected chi connectivity index (χ4v) is 2.02. The standard InChI is InChI=1S/C12H14F3NO/c1-11(6-17-7-11)5-8-2-3-9(16)4-10(8)12(13,14)15/h2-4H,5-7,16H2,1H3. The van der Waals surface area contributed by atoms with Gasteiger partial charge in [0.15, 0.2) is 0 Å². The Morgan fingerprint density at radius 3 is 2.47 bits per heavy atom. The van der Waals surface area contributed by atoms with E-state index in [4.69, 9.17) is 10.5 Å². The first-order valence-corrected chi connectivity index (χ1v) is 5.34. The molecule has 2 N–H and O–H groups in total. The van der Waals surface area contributed by atoms with E-state index in [1.807, 2.05) is 6.92 Å². The summed E-state index contributed by atoms with van der Waals surface area (Å²) in [6, 6.07) is 3.97. The van der Waals surface area contributed by atoms with E-state index in [-0.39, 0.29) is 16.7 Å². The van der Waals surface area contributed by atoms with Crippen LogP contribution in [0.3, 0.4) is 0 Å². The van der Waals surface area contributed by atoms with Crippen LogP contribution in [0.2, 0.25) is 0 Å². The zero-order chi connectivity index (χ0) is 12.7. The van der Waals surface area contributed by atoms with Crippen molar-refractivity contribution >= 4 is 5.69 Å². The quantitative estimate of drug-likeness (QED) is 0.813. The highest BCUT2D eigenvalue weighted by Gasteiger charge is 2.38. The number of halogens is 3. The van der Waals surface area contributed by atoms with Gasteiger partial charge in [0.1, 0.15) is 0 Å². The minimum absolute atomic E-state index is 0.135. The molecule has 94 valence electrons. The first-order chi connectivity index (χ1) is 7.80. The lowest BCUT2D eigenvalue weighted by Gasteiger charge is -2.38. The normalized spacial score (nSPS) is 18.8. The zero-order valence-electron chi connectivity index (χ0n) is 9.47. The van der Waals surface area contributed by atoms with Crippen molar-refractivity contribution in [2.24, 2.45) is 5.41 Å². The van der Waals surface area contributed by atoms with E-state index in [1.165, 1.54) is 12.1 Å². The highest BCUT2D eigenvalue weighted by Crippen LogP contribution is 2.38. The van der Waals surface area contributed by atoms with E-state index in [2.05, 4.69) is 0 Å². The van der Waals surface area contributed by atoms with Gasteiger partial charge >= 0.3 is 6.18 Å². The van der Waals surface area contributed by atoms with E-state index in [0.29, 0.717) is 19.6 Å². The van der Waals surface area contributed by atoms with Crippen LogP contribution in [0.15, 0.2) is 18.2 Å². The fourth-order valence-electron chi connectivity index (χ4n) is 2.02. The molecule has 1 fully saturated rings. The third-order valence-corrected chi connectivity index (χ3v) is 2.96. The lowest BCUT2D eigenvalue weighted by Crippen LogP contribution is -2.41. The van der Waals surface area contributed by atoms with Crippen LogP contribution in [0.1, 0.15) is 18.1 Å². The molecule has 0 aromatic heterocycles. The van der Waals surface area contributed by atoms with E-state index >= 15 is 0 Å². The third kappa shape index (κ3) is 2.54. The van der Waals surface area contributed by atoms with E-state index in [9.17, 15) is 13.2 Å². The maximum atomic E-state index is 12.8. The molecule has 1 aromatic rings. The Kier molecular flexibility index (Phi) is 2.81. The monoisotopic (exact) mass is 245 g/mol. The number of ether oxygens (including phenoxy) is 1. The fraction of sp³-hybridized carbons (Fsp3) is 0.500. The first-order valence-electron chi connectivity index (χ1n) is 5.34. The largest absolute Gasteiger partial charge is 0.416 e. The number of nitrogen functional groups attached to an aromatic ring is 1. The van der Waals surface area contributed by atoms with Crippen molar-refractivity contribution in [1.82, 2.24) is 0 Å². The summed E-state index contributed by atoms with van der Waals surface area (Å²) in [5.74, 6) is 0. The van der Waals surface area contributed by atoms with Crippen LogP contribution in [0, 0.1) is 5.41 Å². The minimum Gasteiger partial charge on any atom is -0.399 e. The summed E-state index contributed by atoms with van der Waals surface area (Å²) in [6.07, 6.45) is -3.99. The van der Waals surface area contributed by atoms with Crippen molar-refractivity contribution in [1.29, 1.82) is 0 Å². The topological polar surface area (TPSA) is 35.2 Å². The maximum absolute atomic E-state index is 12.8. The predicted molar refractivity (Wildman–Crippen MR) is 58.5 cm³/mol. The predicted octanol–water partition coefficient (Wildman–Crippen LogP) is 2.87. The van der Waals surface area contributed by atoms with Crippen molar-refractivity contribution in [2.75, 3.05) is 18.9 Å². The van der Waals surface area contributed by atoms with Crippen LogP contribution in [0.4, 0.5) is 18.9 Å². The number of nitrogens with two attached hydrogens (primary N) is 1. The van der Waals surface area contributed by atoms with Gasteiger partial charge in [0.2, 0.25) is 0 Å². The molecule has 0 aliphatic carbocycles. The van der Waals surface area contributed by atoms with Gasteiger partial charge in [-0.2, -0.15) is 13.2 Å². The summed E-state index contributed by atoms with van der Waals surface area (Å²) < 4.78 is 43.6. The number of hydrogen-bond donors (Lipinski definition) is 1. The average molecular weight is 245 g/mol. The highest BCUT2D eigenvalue weighted by molar-refractivity contribution is 5.46. The molecule has 2 nitrogen and oxygen atoms in total. The molecule has 0 bridgehead atoms. The molecule has 1 aromatic carbocycles. The number of anilines is 1. The molecule has 17 heavy (non-hydrogen) atoms. The molecule has 0 saturated carbocycles. The molecule has 1 aliphatic rings. The highest BCUT2D eigenvalue weighted by atomic mass is 19.4. The van der Waals surface area contributed by atoms with Crippen molar-refractivity contribution < 1.29 is 17.9 Å². The molecule has 1 saturated heterocycles. The SMILES string of the molecule is CC1(Cc2ccc(N)cc2C(F)(F)F)COC1. The summed E-state index contributed by atoms with van der Waals surface area (Å²) in [7, 11) is 0. The molecule has 0 radical (unpaired) electrons. The summed E-state index contributed by atoms with van der Waals surface area (Å²) >= 11 is 0. The Hall–Kier alpha value is -1.23. The third-order valence-electron chi connectivity index (χ3n) is 2.96. The van der Waals surface area contributed by atoms with Gasteiger partial charge < -0.3 is 10.5 Å². The number of benzene rings is 1. The van der Waals surface area contributed by atoms with Crippen LogP contribution in [0.25, 0.3) is 0 Å². The van der Waals surface area contributed by atoms with Crippen LogP contribution >= 0.6 is 0 Å². The minimum atomic E-state index is -4.36. The average Bonchev–Trinajstić information content (AvgIpc) is 2.17. The zero-order valence-corrected chi connectivity index (χ0v) is 9.47. The van der Waals surface area contributed by atoms with Gasteiger partial charge in [0, 0.05) is 11.1 Å². The van der Waals surface area contributed by atoms with Crippen molar-refractivity contribution in [3.8, 4) is 0 Å². The Morgan fingerprint density at radius 1 is 1.35 bits per heavy atom. The smallest absolute Gasteiger partial charge is 0.399 e. The lowest BCUT2D eigenvalue weighted by molar-refractivity contribution is -0.139. The molecule has 0 amide bonds. The first kappa shape index (κ1) is 12.2. The lowest BCUT2D eigenvalue weighted by atomic mass is 9.80.